The van der Waals surface area contributed by atoms with Crippen molar-refractivity contribution in [3.63, 3.8) is 0 Å². The monoisotopic (exact) mass is 332 g/mol. The number of carbonyl (C=O) groups excluding carboxylic acids is 1. The molecule has 7 heteroatoms. The Morgan fingerprint density at radius 2 is 2.30 bits per heavy atom. The number of hydrogen-bond acceptors (Lipinski definition) is 5. The number of likely N-dealkylation sites (tertiary alicyclic amines) is 1. The lowest BCUT2D eigenvalue weighted by atomic mass is 10.2. The summed E-state index contributed by atoms with van der Waals surface area (Å²) >= 11 is 1.49. The van der Waals surface area contributed by atoms with Gasteiger partial charge >= 0.3 is 0 Å². The molecular formula is C16H20N4O2S. The molecule has 0 unspecified atom stereocenters. The fourth-order valence-electron chi connectivity index (χ4n) is 3.10. The molecule has 1 aliphatic heterocycles. The Morgan fingerprint density at radius 3 is 2.96 bits per heavy atom. The van der Waals surface area contributed by atoms with E-state index >= 15 is 0 Å². The van der Waals surface area contributed by atoms with Gasteiger partial charge in [0, 0.05) is 26.0 Å². The van der Waals surface area contributed by atoms with E-state index in [0.29, 0.717) is 12.5 Å². The number of hydrogen-bond donors (Lipinski definition) is 1. The van der Waals surface area contributed by atoms with Gasteiger partial charge in [0.05, 0.1) is 17.0 Å². The molecule has 2 aromatic heterocycles. The lowest BCUT2D eigenvalue weighted by Gasteiger charge is -2.21. The summed E-state index contributed by atoms with van der Waals surface area (Å²) in [6.07, 6.45) is 3.13. The van der Waals surface area contributed by atoms with Crippen molar-refractivity contribution >= 4 is 17.2 Å². The highest BCUT2D eigenvalue weighted by molar-refractivity contribution is 7.12. The summed E-state index contributed by atoms with van der Waals surface area (Å²) in [4.78, 5) is 20.2. The Hall–Kier alpha value is -1.73. The van der Waals surface area contributed by atoms with Crippen molar-refractivity contribution in [3.8, 4) is 0 Å². The molecular weight excluding hydrogens is 312 g/mol. The lowest BCUT2D eigenvalue weighted by molar-refractivity contribution is 0.0689. The van der Waals surface area contributed by atoms with Gasteiger partial charge in [-0.05, 0) is 36.8 Å². The molecule has 0 radical (unpaired) electrons. The number of H-pyrrole nitrogens is 1. The Morgan fingerprint density at radius 1 is 1.48 bits per heavy atom. The van der Waals surface area contributed by atoms with Crippen LogP contribution < -0.4 is 0 Å². The summed E-state index contributed by atoms with van der Waals surface area (Å²) in [5.74, 6) is 2.23. The molecule has 0 bridgehead atoms. The number of rotatable bonds is 4. The van der Waals surface area contributed by atoms with Crippen LogP contribution in [-0.4, -0.2) is 45.7 Å². The van der Waals surface area contributed by atoms with Crippen LogP contribution in [0.4, 0.5) is 0 Å². The Bertz CT molecular complexity index is 721. The molecule has 23 heavy (non-hydrogen) atoms. The van der Waals surface area contributed by atoms with Crippen molar-refractivity contribution in [1.82, 2.24) is 20.1 Å². The molecule has 0 aromatic carbocycles. The van der Waals surface area contributed by atoms with Crippen LogP contribution in [0, 0.1) is 6.92 Å². The van der Waals surface area contributed by atoms with Gasteiger partial charge in [-0.15, -0.1) is 11.3 Å². The second-order valence-corrected chi connectivity index (χ2v) is 7.32. The first-order chi connectivity index (χ1) is 11.2. The largest absolute Gasteiger partial charge is 0.380 e. The first kappa shape index (κ1) is 14.8. The summed E-state index contributed by atoms with van der Waals surface area (Å²) in [7, 11) is 1.70. The highest BCUT2D eigenvalue weighted by atomic mass is 32.1. The van der Waals surface area contributed by atoms with Gasteiger partial charge in [0.25, 0.3) is 5.91 Å². The molecule has 2 fully saturated rings. The third kappa shape index (κ3) is 2.79. The smallest absolute Gasteiger partial charge is 0.264 e. The number of thiophene rings is 1. The molecule has 1 aliphatic carbocycles. The zero-order valence-electron chi connectivity index (χ0n) is 13.3. The van der Waals surface area contributed by atoms with Gasteiger partial charge < -0.3 is 9.64 Å². The first-order valence-corrected chi connectivity index (χ1v) is 8.84. The topological polar surface area (TPSA) is 71.1 Å². The SMILES string of the molecule is CO[C@@H]1C[C@@H](c2nc(C3CC3)n[nH]2)N(C(=O)c2cc(C)cs2)C1. The molecule has 122 valence electrons. The van der Waals surface area contributed by atoms with Crippen LogP contribution in [0.5, 0.6) is 0 Å². The maximum absolute atomic E-state index is 12.9. The van der Waals surface area contributed by atoms with E-state index in [1.807, 2.05) is 23.3 Å². The fourth-order valence-corrected chi connectivity index (χ4v) is 3.95. The van der Waals surface area contributed by atoms with Crippen LogP contribution >= 0.6 is 11.3 Å². The number of amides is 1. The minimum Gasteiger partial charge on any atom is -0.380 e. The molecule has 6 nitrogen and oxygen atoms in total. The normalized spacial score (nSPS) is 24.3. The Balaban J connectivity index is 1.60. The van der Waals surface area contributed by atoms with E-state index in [-0.39, 0.29) is 18.1 Å². The van der Waals surface area contributed by atoms with Gasteiger partial charge in [0.15, 0.2) is 5.82 Å². The maximum atomic E-state index is 12.9. The van der Waals surface area contributed by atoms with Crippen molar-refractivity contribution in [3.05, 3.63) is 33.5 Å². The minimum atomic E-state index is -0.0881. The number of aryl methyl sites for hydroxylation is 1. The third-order valence-electron chi connectivity index (χ3n) is 4.58. The number of nitrogens with zero attached hydrogens (tertiary/aromatic N) is 3. The second-order valence-electron chi connectivity index (χ2n) is 6.41. The number of carbonyl (C=O) groups is 1. The van der Waals surface area contributed by atoms with E-state index in [4.69, 9.17) is 4.74 Å². The molecule has 3 heterocycles. The molecule has 1 amide bonds. The van der Waals surface area contributed by atoms with Crippen molar-refractivity contribution in [2.24, 2.45) is 0 Å². The van der Waals surface area contributed by atoms with Crippen LogP contribution in [0.25, 0.3) is 0 Å². The number of nitrogens with one attached hydrogen (secondary N) is 1. The molecule has 1 saturated heterocycles. The van der Waals surface area contributed by atoms with Gasteiger partial charge in [-0.3, -0.25) is 9.89 Å². The van der Waals surface area contributed by atoms with Crippen molar-refractivity contribution in [2.75, 3.05) is 13.7 Å². The zero-order valence-corrected chi connectivity index (χ0v) is 14.1. The van der Waals surface area contributed by atoms with Crippen LogP contribution in [0.2, 0.25) is 0 Å². The molecule has 2 atom stereocenters. The van der Waals surface area contributed by atoms with Gasteiger partial charge in [0.2, 0.25) is 0 Å². The predicted molar refractivity (Wildman–Crippen MR) is 86.6 cm³/mol. The number of ether oxygens (including phenoxy) is 1. The third-order valence-corrected chi connectivity index (χ3v) is 5.61. The van der Waals surface area contributed by atoms with Crippen LogP contribution in [0.15, 0.2) is 11.4 Å². The lowest BCUT2D eigenvalue weighted by Crippen LogP contribution is -2.32. The Labute approximate surface area is 138 Å². The molecule has 1 saturated carbocycles. The van der Waals surface area contributed by atoms with E-state index < -0.39 is 0 Å². The van der Waals surface area contributed by atoms with Crippen molar-refractivity contribution in [1.29, 1.82) is 0 Å². The van der Waals surface area contributed by atoms with Gasteiger partial charge in [-0.25, -0.2) is 4.98 Å². The van der Waals surface area contributed by atoms with Crippen LogP contribution in [0.1, 0.15) is 58.1 Å². The Kier molecular flexibility index (Phi) is 3.69. The summed E-state index contributed by atoms with van der Waals surface area (Å²) < 4.78 is 5.50. The number of methoxy groups -OCH3 is 1. The summed E-state index contributed by atoms with van der Waals surface area (Å²) in [6, 6.07) is 1.86. The summed E-state index contributed by atoms with van der Waals surface area (Å²) in [5, 5.41) is 9.39. The van der Waals surface area contributed by atoms with Crippen LogP contribution in [-0.2, 0) is 4.74 Å². The van der Waals surface area contributed by atoms with Gasteiger partial charge in [-0.2, -0.15) is 5.10 Å². The standard InChI is InChI=1S/C16H20N4O2S/c1-9-5-13(23-8-9)16(21)20-7-11(22-2)6-12(20)15-17-14(18-19-15)10-3-4-10/h5,8,10-12H,3-4,6-7H2,1-2H3,(H,17,18,19)/t11-,12+/m1/s1. The van der Waals surface area contributed by atoms with Crippen molar-refractivity contribution < 1.29 is 9.53 Å². The quantitative estimate of drug-likeness (QED) is 0.934. The summed E-state index contributed by atoms with van der Waals surface area (Å²) in [6.45, 7) is 2.60. The minimum absolute atomic E-state index is 0.0412. The summed E-state index contributed by atoms with van der Waals surface area (Å²) in [5.41, 5.74) is 1.12. The van der Waals surface area contributed by atoms with Crippen molar-refractivity contribution in [2.45, 2.75) is 44.2 Å². The zero-order chi connectivity index (χ0) is 16.0. The average molecular weight is 332 g/mol. The maximum Gasteiger partial charge on any atom is 0.264 e. The highest BCUT2D eigenvalue weighted by Gasteiger charge is 2.39. The fraction of sp³-hybridized carbons (Fsp3) is 0.562. The van der Waals surface area contributed by atoms with E-state index in [1.54, 1.807) is 7.11 Å². The van der Waals surface area contributed by atoms with E-state index in [1.165, 1.54) is 24.2 Å². The molecule has 0 spiro atoms. The number of aromatic nitrogens is 3. The van der Waals surface area contributed by atoms with Gasteiger partial charge in [-0.1, -0.05) is 0 Å². The average Bonchev–Trinajstić information content (AvgIpc) is 2.99. The predicted octanol–water partition coefficient (Wildman–Crippen LogP) is 2.65. The second kappa shape index (κ2) is 5.72. The van der Waals surface area contributed by atoms with Gasteiger partial charge in [0.1, 0.15) is 5.82 Å². The van der Waals surface area contributed by atoms with E-state index in [9.17, 15) is 4.79 Å². The number of aromatic amines is 1. The molecule has 2 aromatic rings. The van der Waals surface area contributed by atoms with E-state index in [2.05, 4.69) is 15.2 Å². The van der Waals surface area contributed by atoms with Crippen LogP contribution in [0.3, 0.4) is 0 Å². The van der Waals surface area contributed by atoms with E-state index in [0.717, 1.165) is 28.5 Å². The molecule has 4 rings (SSSR count). The molecule has 2 aliphatic rings. The first-order valence-electron chi connectivity index (χ1n) is 7.96. The molecule has 1 N–H and O–H groups in total. The highest BCUT2D eigenvalue weighted by Crippen LogP contribution is 2.39.